The lowest BCUT2D eigenvalue weighted by atomic mass is 10.0. The first-order valence-corrected chi connectivity index (χ1v) is 9.34. The molecule has 0 aliphatic heterocycles. The summed E-state index contributed by atoms with van der Waals surface area (Å²) in [4.78, 5) is 25.3. The largest absolute Gasteiger partial charge is 0.491 e. The third-order valence-electron chi connectivity index (χ3n) is 4.53. The zero-order valence-corrected chi connectivity index (χ0v) is 16.4. The Morgan fingerprint density at radius 2 is 1.56 bits per heavy atom. The Labute approximate surface area is 164 Å². The fourth-order valence-electron chi connectivity index (χ4n) is 2.74. The maximum atomic E-state index is 12.7. The number of rotatable bonds is 6. The second-order valence-corrected chi connectivity index (χ2v) is 7.55. The number of amides is 2. The summed E-state index contributed by atoms with van der Waals surface area (Å²) in [6.07, 6.45) is 1.14. The van der Waals surface area contributed by atoms with Gasteiger partial charge in [0, 0.05) is 16.4 Å². The highest BCUT2D eigenvalue weighted by molar-refractivity contribution is 6.31. The van der Waals surface area contributed by atoms with Gasteiger partial charge in [-0.15, -0.1) is 0 Å². The monoisotopic (exact) mass is 386 g/mol. The minimum absolute atomic E-state index is 0.0825. The van der Waals surface area contributed by atoms with Gasteiger partial charge < -0.3 is 15.4 Å². The van der Waals surface area contributed by atoms with Crippen molar-refractivity contribution in [3.8, 4) is 5.75 Å². The molecular weight excluding hydrogens is 364 g/mol. The van der Waals surface area contributed by atoms with Gasteiger partial charge in [-0.05, 0) is 75.6 Å². The van der Waals surface area contributed by atoms with Crippen molar-refractivity contribution in [2.75, 3.05) is 10.6 Å². The fraction of sp³-hybridized carbons (Fsp3) is 0.333. The number of carbonyl (C=O) groups excluding carboxylic acids is 2. The van der Waals surface area contributed by atoms with Crippen molar-refractivity contribution in [3.05, 3.63) is 53.1 Å². The molecule has 2 aromatic rings. The van der Waals surface area contributed by atoms with Crippen LogP contribution in [-0.4, -0.2) is 17.9 Å². The molecule has 27 heavy (non-hydrogen) atoms. The van der Waals surface area contributed by atoms with Crippen molar-refractivity contribution < 1.29 is 14.3 Å². The van der Waals surface area contributed by atoms with E-state index in [9.17, 15) is 9.59 Å². The van der Waals surface area contributed by atoms with E-state index in [-0.39, 0.29) is 17.9 Å². The summed E-state index contributed by atoms with van der Waals surface area (Å²) in [5.41, 5.74) is 1.13. The van der Waals surface area contributed by atoms with Gasteiger partial charge in [0.1, 0.15) is 11.2 Å². The number of benzene rings is 2. The van der Waals surface area contributed by atoms with Gasteiger partial charge in [-0.3, -0.25) is 9.59 Å². The molecule has 1 fully saturated rings. The van der Waals surface area contributed by atoms with Gasteiger partial charge >= 0.3 is 0 Å². The number of nitrogens with one attached hydrogen (secondary N) is 2. The predicted molar refractivity (Wildman–Crippen MR) is 107 cm³/mol. The van der Waals surface area contributed by atoms with Gasteiger partial charge in [0.25, 0.3) is 0 Å². The summed E-state index contributed by atoms with van der Waals surface area (Å²) in [5.74, 6) is 0.133. The number of halogens is 1. The van der Waals surface area contributed by atoms with Crippen molar-refractivity contribution >= 4 is 34.8 Å². The van der Waals surface area contributed by atoms with Crippen LogP contribution in [0.15, 0.2) is 42.5 Å². The van der Waals surface area contributed by atoms with Crippen molar-refractivity contribution in [2.24, 2.45) is 5.41 Å². The highest BCUT2D eigenvalue weighted by atomic mass is 35.5. The second kappa shape index (κ2) is 7.61. The lowest BCUT2D eigenvalue weighted by molar-refractivity contribution is -0.131. The molecule has 1 aliphatic carbocycles. The van der Waals surface area contributed by atoms with Crippen molar-refractivity contribution in [2.45, 2.75) is 39.7 Å². The first kappa shape index (κ1) is 19.2. The number of hydrogen-bond acceptors (Lipinski definition) is 3. The van der Waals surface area contributed by atoms with E-state index in [1.165, 1.54) is 0 Å². The molecule has 1 saturated carbocycles. The SMILES string of the molecule is Cc1ccc(NC(=O)C2(C(=O)Nc3ccc(OC(C)C)cc3)CC2)cc1Cl. The lowest BCUT2D eigenvalue weighted by Crippen LogP contribution is -2.35. The second-order valence-electron chi connectivity index (χ2n) is 7.15. The van der Waals surface area contributed by atoms with E-state index in [0.29, 0.717) is 29.2 Å². The van der Waals surface area contributed by atoms with Crippen LogP contribution >= 0.6 is 11.6 Å². The molecule has 0 spiro atoms. The van der Waals surface area contributed by atoms with Crippen LogP contribution < -0.4 is 15.4 Å². The highest BCUT2D eigenvalue weighted by Crippen LogP contribution is 2.47. The highest BCUT2D eigenvalue weighted by Gasteiger charge is 2.56. The number of ether oxygens (including phenoxy) is 1. The van der Waals surface area contributed by atoms with Gasteiger partial charge in [0.05, 0.1) is 6.10 Å². The number of anilines is 2. The van der Waals surface area contributed by atoms with Gasteiger partial charge in [-0.2, -0.15) is 0 Å². The maximum Gasteiger partial charge on any atom is 0.240 e. The van der Waals surface area contributed by atoms with Crippen LogP contribution in [0.1, 0.15) is 32.3 Å². The molecule has 2 N–H and O–H groups in total. The molecule has 0 radical (unpaired) electrons. The first-order chi connectivity index (χ1) is 12.8. The molecule has 1 aliphatic rings. The molecule has 6 heteroatoms. The van der Waals surface area contributed by atoms with Crippen molar-refractivity contribution in [1.29, 1.82) is 0 Å². The first-order valence-electron chi connectivity index (χ1n) is 8.96. The van der Waals surface area contributed by atoms with Crippen LogP contribution in [0.2, 0.25) is 5.02 Å². The van der Waals surface area contributed by atoms with E-state index in [1.807, 2.05) is 26.8 Å². The summed E-state index contributed by atoms with van der Waals surface area (Å²) >= 11 is 6.10. The predicted octanol–water partition coefficient (Wildman–Crippen LogP) is 4.79. The van der Waals surface area contributed by atoms with E-state index < -0.39 is 5.41 Å². The van der Waals surface area contributed by atoms with Crippen LogP contribution in [0.25, 0.3) is 0 Å². The minimum atomic E-state index is -1.02. The normalized spacial score (nSPS) is 14.6. The quantitative estimate of drug-likeness (QED) is 0.701. The van der Waals surface area contributed by atoms with Crippen LogP contribution in [0.4, 0.5) is 11.4 Å². The summed E-state index contributed by atoms with van der Waals surface area (Å²) < 4.78 is 5.59. The van der Waals surface area contributed by atoms with E-state index in [2.05, 4.69) is 10.6 Å². The Morgan fingerprint density at radius 3 is 2.07 bits per heavy atom. The standard InChI is InChI=1S/C21H23ClN2O3/c1-13(2)27-17-8-6-15(7-9-17)23-19(25)21(10-11-21)20(26)24-16-5-4-14(3)18(22)12-16/h4-9,12-13H,10-11H2,1-3H3,(H,23,25)(H,24,26). The number of aryl methyl sites for hydroxylation is 1. The summed E-state index contributed by atoms with van der Waals surface area (Å²) in [6, 6.07) is 12.4. The molecule has 3 rings (SSSR count). The molecule has 5 nitrogen and oxygen atoms in total. The summed E-state index contributed by atoms with van der Waals surface area (Å²) in [7, 11) is 0. The smallest absolute Gasteiger partial charge is 0.240 e. The zero-order chi connectivity index (χ0) is 19.6. The van der Waals surface area contributed by atoms with E-state index >= 15 is 0 Å². The number of carbonyl (C=O) groups is 2. The average molecular weight is 387 g/mol. The Hall–Kier alpha value is -2.53. The molecule has 0 unspecified atom stereocenters. The van der Waals surface area contributed by atoms with Crippen molar-refractivity contribution in [3.63, 3.8) is 0 Å². The maximum absolute atomic E-state index is 12.7. The third kappa shape index (κ3) is 4.42. The minimum Gasteiger partial charge on any atom is -0.491 e. The van der Waals surface area contributed by atoms with Gasteiger partial charge in [0.2, 0.25) is 11.8 Å². The Bertz CT molecular complexity index is 858. The van der Waals surface area contributed by atoms with Crippen LogP contribution in [0, 0.1) is 12.3 Å². The van der Waals surface area contributed by atoms with Crippen LogP contribution in [-0.2, 0) is 9.59 Å². The molecular formula is C21H23ClN2O3. The molecule has 2 aromatic carbocycles. The van der Waals surface area contributed by atoms with E-state index in [1.54, 1.807) is 36.4 Å². The van der Waals surface area contributed by atoms with E-state index in [0.717, 1.165) is 11.3 Å². The summed E-state index contributed by atoms with van der Waals surface area (Å²) in [6.45, 7) is 5.79. The Morgan fingerprint density at radius 1 is 1.00 bits per heavy atom. The van der Waals surface area contributed by atoms with E-state index in [4.69, 9.17) is 16.3 Å². The summed E-state index contributed by atoms with van der Waals surface area (Å²) in [5, 5.41) is 6.21. The molecule has 142 valence electrons. The lowest BCUT2D eigenvalue weighted by Gasteiger charge is -2.16. The molecule has 0 heterocycles. The molecule has 0 aromatic heterocycles. The molecule has 0 bridgehead atoms. The fourth-order valence-corrected chi connectivity index (χ4v) is 2.92. The van der Waals surface area contributed by atoms with Crippen LogP contribution in [0.3, 0.4) is 0 Å². The van der Waals surface area contributed by atoms with Gasteiger partial charge in [0.15, 0.2) is 0 Å². The molecule has 2 amide bonds. The molecule has 0 saturated heterocycles. The zero-order valence-electron chi connectivity index (χ0n) is 15.6. The van der Waals surface area contributed by atoms with Gasteiger partial charge in [-0.25, -0.2) is 0 Å². The third-order valence-corrected chi connectivity index (χ3v) is 4.94. The van der Waals surface area contributed by atoms with Gasteiger partial charge in [-0.1, -0.05) is 17.7 Å². The average Bonchev–Trinajstić information content (AvgIpc) is 3.41. The van der Waals surface area contributed by atoms with Crippen LogP contribution in [0.5, 0.6) is 5.75 Å². The topological polar surface area (TPSA) is 67.4 Å². The number of hydrogen-bond donors (Lipinski definition) is 2. The Kier molecular flexibility index (Phi) is 5.42. The molecule has 0 atom stereocenters. The Balaban J connectivity index is 1.65. The van der Waals surface area contributed by atoms with Crippen molar-refractivity contribution in [1.82, 2.24) is 0 Å².